The molecule has 6 nitrogen and oxygen atoms in total. The number of fused-ring (bicyclic) bond motifs is 1. The van der Waals surface area contributed by atoms with Crippen molar-refractivity contribution in [3.05, 3.63) is 54.6 Å². The summed E-state index contributed by atoms with van der Waals surface area (Å²) in [5.41, 5.74) is -1.15. The van der Waals surface area contributed by atoms with Gasteiger partial charge in [-0.2, -0.15) is 4.99 Å². The molecule has 1 aliphatic carbocycles. The Hall–Kier alpha value is -2.73. The number of anilines is 1. The zero-order chi connectivity index (χ0) is 18.1. The van der Waals surface area contributed by atoms with E-state index in [2.05, 4.69) is 4.99 Å². The predicted octanol–water partition coefficient (Wildman–Crippen LogP) is 2.51. The Morgan fingerprint density at radius 3 is 2.58 bits per heavy atom. The van der Waals surface area contributed by atoms with E-state index in [1.807, 2.05) is 6.07 Å². The van der Waals surface area contributed by atoms with Gasteiger partial charge in [-0.1, -0.05) is 36.4 Å². The maximum absolute atomic E-state index is 13.4. The Morgan fingerprint density at radius 2 is 1.85 bits per heavy atom. The van der Waals surface area contributed by atoms with Crippen molar-refractivity contribution >= 4 is 23.3 Å². The molecule has 3 amide bonds. The highest BCUT2D eigenvalue weighted by molar-refractivity contribution is 6.17. The molecule has 1 aromatic carbocycles. The molecule has 2 atom stereocenters. The first kappa shape index (κ1) is 16.7. The fraction of sp³-hybridized carbons (Fsp3) is 0.350. The monoisotopic (exact) mass is 351 g/mol. The number of allylic oxidation sites excluding steroid dienone is 3. The number of likely N-dealkylation sites (tertiary alicyclic amines) is 1. The predicted molar refractivity (Wildman–Crippen MR) is 98.9 cm³/mol. The Kier molecular flexibility index (Phi) is 4.20. The second kappa shape index (κ2) is 6.53. The third-order valence-corrected chi connectivity index (χ3v) is 5.16. The number of piperidine rings is 1. The van der Waals surface area contributed by atoms with Crippen molar-refractivity contribution in [1.29, 1.82) is 0 Å². The van der Waals surface area contributed by atoms with Gasteiger partial charge in [-0.25, -0.2) is 4.79 Å². The van der Waals surface area contributed by atoms with Gasteiger partial charge in [0.2, 0.25) is 5.72 Å². The number of benzene rings is 1. The zero-order valence-electron chi connectivity index (χ0n) is 14.4. The lowest BCUT2D eigenvalue weighted by molar-refractivity contribution is -0.153. The highest BCUT2D eigenvalue weighted by Gasteiger charge is 2.57. The van der Waals surface area contributed by atoms with E-state index in [9.17, 15) is 14.7 Å². The first-order valence-electron chi connectivity index (χ1n) is 8.97. The second-order valence-corrected chi connectivity index (χ2v) is 6.79. The molecule has 1 saturated heterocycles. The fourth-order valence-corrected chi connectivity index (χ4v) is 3.87. The summed E-state index contributed by atoms with van der Waals surface area (Å²) < 4.78 is 0. The summed E-state index contributed by atoms with van der Waals surface area (Å²) in [5.74, 6) is -1.13. The molecule has 0 unspecified atom stereocenters. The van der Waals surface area contributed by atoms with E-state index in [1.54, 1.807) is 53.5 Å². The van der Waals surface area contributed by atoms with Crippen LogP contribution in [0.2, 0.25) is 0 Å². The van der Waals surface area contributed by atoms with Crippen LogP contribution in [-0.2, 0) is 4.79 Å². The van der Waals surface area contributed by atoms with E-state index in [1.165, 1.54) is 0 Å². The first-order valence-corrected chi connectivity index (χ1v) is 8.97. The number of carbonyl (C=O) groups excluding carboxylic acids is 2. The highest BCUT2D eigenvalue weighted by atomic mass is 16.3. The third-order valence-electron chi connectivity index (χ3n) is 5.16. The smallest absolute Gasteiger partial charge is 0.351 e. The van der Waals surface area contributed by atoms with Crippen LogP contribution in [0.15, 0.2) is 59.6 Å². The average Bonchev–Trinajstić information content (AvgIpc) is 2.69. The van der Waals surface area contributed by atoms with Crippen molar-refractivity contribution in [2.45, 2.75) is 25.0 Å². The van der Waals surface area contributed by atoms with E-state index in [0.29, 0.717) is 24.5 Å². The number of amides is 3. The van der Waals surface area contributed by atoms with Crippen LogP contribution in [0.4, 0.5) is 10.5 Å². The summed E-state index contributed by atoms with van der Waals surface area (Å²) in [4.78, 5) is 33.2. The summed E-state index contributed by atoms with van der Waals surface area (Å²) in [7, 11) is 0. The molecule has 0 spiro atoms. The summed E-state index contributed by atoms with van der Waals surface area (Å²) in [6.07, 6.45) is 9.83. The number of aliphatic imine (C=N–C) groups is 1. The van der Waals surface area contributed by atoms with Gasteiger partial charge in [-0.05, 0) is 37.5 Å². The lowest BCUT2D eigenvalue weighted by Crippen LogP contribution is -2.69. The van der Waals surface area contributed by atoms with Crippen LogP contribution in [0.25, 0.3) is 0 Å². The molecule has 0 saturated carbocycles. The van der Waals surface area contributed by atoms with Crippen molar-refractivity contribution in [1.82, 2.24) is 4.90 Å². The largest absolute Gasteiger partial charge is 0.362 e. The standard InChI is InChI=1S/C20H21N3O3/c24-18(22-13-7-2-8-14-22)20(26)16-11-5-6-12-17(16)21-19(25)23(20)15-9-3-1-4-10-15/h1,3-6,9-12,16,26H,2,7-8,13-14H2/t16-,20-/m1/s1. The molecule has 2 aliphatic heterocycles. The van der Waals surface area contributed by atoms with E-state index in [4.69, 9.17) is 0 Å². The quantitative estimate of drug-likeness (QED) is 0.890. The number of nitrogens with zero attached hydrogens (tertiary/aromatic N) is 3. The number of urea groups is 1. The van der Waals surface area contributed by atoms with Gasteiger partial charge >= 0.3 is 6.03 Å². The van der Waals surface area contributed by atoms with Gasteiger partial charge in [-0.15, -0.1) is 0 Å². The zero-order valence-corrected chi connectivity index (χ0v) is 14.4. The van der Waals surface area contributed by atoms with Gasteiger partial charge in [0, 0.05) is 18.8 Å². The van der Waals surface area contributed by atoms with Crippen molar-refractivity contribution in [3.63, 3.8) is 0 Å². The molecular weight excluding hydrogens is 330 g/mol. The third kappa shape index (κ3) is 2.57. The molecule has 0 bridgehead atoms. The number of aliphatic hydroxyl groups is 1. The van der Waals surface area contributed by atoms with Crippen molar-refractivity contribution < 1.29 is 14.7 Å². The van der Waals surface area contributed by atoms with Crippen molar-refractivity contribution in [3.8, 4) is 0 Å². The maximum Gasteiger partial charge on any atom is 0.351 e. The molecule has 0 aromatic heterocycles. The minimum absolute atomic E-state index is 0.414. The molecule has 26 heavy (non-hydrogen) atoms. The van der Waals surface area contributed by atoms with Gasteiger partial charge in [0.1, 0.15) is 0 Å². The van der Waals surface area contributed by atoms with Gasteiger partial charge in [0.05, 0.1) is 11.6 Å². The Balaban J connectivity index is 1.83. The number of para-hydroxylation sites is 1. The van der Waals surface area contributed by atoms with Gasteiger partial charge in [-0.3, -0.25) is 9.69 Å². The average molecular weight is 351 g/mol. The van der Waals surface area contributed by atoms with Crippen LogP contribution < -0.4 is 4.90 Å². The minimum Gasteiger partial charge on any atom is -0.362 e. The Labute approximate surface area is 152 Å². The molecule has 1 N–H and O–H groups in total. The minimum atomic E-state index is -2.02. The Bertz CT molecular complexity index is 809. The van der Waals surface area contributed by atoms with Crippen LogP contribution in [-0.4, -0.2) is 46.5 Å². The first-order chi connectivity index (χ1) is 12.6. The van der Waals surface area contributed by atoms with Crippen LogP contribution in [0.1, 0.15) is 19.3 Å². The molecule has 2 heterocycles. The summed E-state index contributed by atoms with van der Waals surface area (Å²) >= 11 is 0. The summed E-state index contributed by atoms with van der Waals surface area (Å²) in [6, 6.07) is 8.13. The summed E-state index contributed by atoms with van der Waals surface area (Å²) in [6.45, 7) is 1.19. The van der Waals surface area contributed by atoms with Crippen LogP contribution in [0, 0.1) is 5.92 Å². The fourth-order valence-electron chi connectivity index (χ4n) is 3.87. The van der Waals surface area contributed by atoms with Crippen molar-refractivity contribution in [2.75, 3.05) is 18.0 Å². The van der Waals surface area contributed by atoms with E-state index in [0.717, 1.165) is 24.2 Å². The molecule has 3 aliphatic rings. The number of rotatable bonds is 2. The lowest BCUT2D eigenvalue weighted by atomic mass is 9.83. The SMILES string of the molecule is O=C1N=C2C=CC=C[C@H]2[C@@](O)(C(=O)N2CCCCC2)N1c1ccccc1. The summed E-state index contributed by atoms with van der Waals surface area (Å²) in [5, 5.41) is 11.7. The maximum atomic E-state index is 13.4. The van der Waals surface area contributed by atoms with E-state index >= 15 is 0 Å². The van der Waals surface area contributed by atoms with Gasteiger partial charge < -0.3 is 10.0 Å². The molecule has 6 heteroatoms. The van der Waals surface area contributed by atoms with Crippen LogP contribution in [0.5, 0.6) is 0 Å². The molecular formula is C20H21N3O3. The number of hydrogen-bond donors (Lipinski definition) is 1. The normalized spacial score (nSPS) is 28.0. The van der Waals surface area contributed by atoms with Crippen molar-refractivity contribution in [2.24, 2.45) is 10.9 Å². The molecule has 1 fully saturated rings. The Morgan fingerprint density at radius 1 is 1.12 bits per heavy atom. The van der Waals surface area contributed by atoms with Crippen LogP contribution in [0.3, 0.4) is 0 Å². The van der Waals surface area contributed by atoms with Gasteiger partial charge in [0.15, 0.2) is 0 Å². The number of carbonyl (C=O) groups is 2. The van der Waals surface area contributed by atoms with Crippen LogP contribution >= 0.6 is 0 Å². The molecule has 0 radical (unpaired) electrons. The number of hydrogen-bond acceptors (Lipinski definition) is 3. The molecule has 134 valence electrons. The molecule has 1 aromatic rings. The van der Waals surface area contributed by atoms with Gasteiger partial charge in [0.25, 0.3) is 5.91 Å². The lowest BCUT2D eigenvalue weighted by Gasteiger charge is -2.47. The van der Waals surface area contributed by atoms with E-state index in [-0.39, 0.29) is 0 Å². The highest BCUT2D eigenvalue weighted by Crippen LogP contribution is 2.38. The molecule has 4 rings (SSSR count). The topological polar surface area (TPSA) is 73.2 Å². The van der Waals surface area contributed by atoms with E-state index < -0.39 is 23.6 Å². The second-order valence-electron chi connectivity index (χ2n) is 6.79.